The van der Waals surface area contributed by atoms with Crippen LogP contribution in [0.1, 0.15) is 27.8 Å². The summed E-state index contributed by atoms with van der Waals surface area (Å²) in [5.41, 5.74) is 13.3. The Balaban J connectivity index is 1.29. The Morgan fingerprint density at radius 3 is 2.04 bits per heavy atom. The van der Waals surface area contributed by atoms with E-state index < -0.39 is 5.41 Å². The SMILES string of the molecule is Cc1ccnc(-n2c3ccccc3c3ccc(C4(c5cccc(N6ON(C)c7ccccc76)c5)c5ccccc5-c5ccccc54)cc32)c1. The molecule has 0 spiro atoms. The van der Waals surface area contributed by atoms with Crippen LogP contribution in [0, 0.1) is 6.92 Å². The summed E-state index contributed by atoms with van der Waals surface area (Å²) in [6.07, 6.45) is 1.90. The predicted molar refractivity (Wildman–Crippen MR) is 199 cm³/mol. The van der Waals surface area contributed by atoms with Gasteiger partial charge < -0.3 is 0 Å². The summed E-state index contributed by atoms with van der Waals surface area (Å²) in [5, 5.41) is 6.18. The molecule has 234 valence electrons. The average molecular weight is 633 g/mol. The molecule has 6 aromatic carbocycles. The van der Waals surface area contributed by atoms with E-state index in [4.69, 9.17) is 9.92 Å². The third-order valence-corrected chi connectivity index (χ3v) is 10.3. The average Bonchev–Trinajstić information content (AvgIpc) is 3.77. The maximum atomic E-state index is 6.34. The quantitative estimate of drug-likeness (QED) is 0.193. The highest BCUT2D eigenvalue weighted by Crippen LogP contribution is 2.57. The minimum absolute atomic E-state index is 0.593. The van der Waals surface area contributed by atoms with Gasteiger partial charge in [0, 0.05) is 24.0 Å². The largest absolute Gasteiger partial charge is 0.294 e. The van der Waals surface area contributed by atoms with Gasteiger partial charge in [-0.3, -0.25) is 4.57 Å². The minimum atomic E-state index is -0.593. The van der Waals surface area contributed by atoms with Gasteiger partial charge in [0.05, 0.1) is 33.5 Å². The fourth-order valence-corrected chi connectivity index (χ4v) is 8.28. The molecule has 0 radical (unpaired) electrons. The van der Waals surface area contributed by atoms with Gasteiger partial charge in [0.1, 0.15) is 5.82 Å². The maximum Gasteiger partial charge on any atom is 0.137 e. The molecule has 49 heavy (non-hydrogen) atoms. The van der Waals surface area contributed by atoms with Gasteiger partial charge in [0.2, 0.25) is 0 Å². The standard InChI is InChI=1S/C44H32N4O/c1-29-24-25-45-43(26-29)47-39-19-8-5-16-35(39)36-23-22-31(28-42(36)47)44(37-17-6-3-14-33(37)34-15-4-7-18-38(34)44)30-12-11-13-32(27-30)48-41-21-10-9-20-40(41)46(2)49-48/h3-28H,1-2H3. The van der Waals surface area contributed by atoms with Crippen molar-refractivity contribution < 1.29 is 4.94 Å². The van der Waals surface area contributed by atoms with Crippen LogP contribution < -0.4 is 10.1 Å². The van der Waals surface area contributed by atoms with Crippen LogP contribution in [-0.4, -0.2) is 16.6 Å². The molecule has 0 unspecified atom stereocenters. The molecular formula is C44H32N4O. The van der Waals surface area contributed by atoms with Crippen LogP contribution in [0.5, 0.6) is 0 Å². The molecule has 8 aromatic rings. The number of pyridine rings is 1. The van der Waals surface area contributed by atoms with E-state index in [0.717, 1.165) is 33.9 Å². The molecule has 5 nitrogen and oxygen atoms in total. The van der Waals surface area contributed by atoms with Crippen LogP contribution in [0.15, 0.2) is 158 Å². The zero-order chi connectivity index (χ0) is 32.7. The molecule has 0 amide bonds. The van der Waals surface area contributed by atoms with Crippen molar-refractivity contribution in [3.63, 3.8) is 0 Å². The van der Waals surface area contributed by atoms with Crippen molar-refractivity contribution in [1.29, 1.82) is 0 Å². The van der Waals surface area contributed by atoms with Gasteiger partial charge in [0.25, 0.3) is 0 Å². The topological polar surface area (TPSA) is 33.5 Å². The van der Waals surface area contributed by atoms with Crippen molar-refractivity contribution in [2.45, 2.75) is 12.3 Å². The number of anilines is 3. The Morgan fingerprint density at radius 2 is 1.24 bits per heavy atom. The second kappa shape index (κ2) is 10.4. The molecule has 1 aliphatic heterocycles. The Hall–Kier alpha value is -6.17. The maximum absolute atomic E-state index is 6.34. The molecule has 0 saturated carbocycles. The summed E-state index contributed by atoms with van der Waals surface area (Å²) < 4.78 is 2.32. The van der Waals surface area contributed by atoms with Crippen molar-refractivity contribution in [1.82, 2.24) is 9.55 Å². The molecule has 1 aliphatic carbocycles. The van der Waals surface area contributed by atoms with Gasteiger partial charge in [-0.2, -0.15) is 5.06 Å². The van der Waals surface area contributed by atoms with Gasteiger partial charge >= 0.3 is 0 Å². The zero-order valence-electron chi connectivity index (χ0n) is 27.2. The van der Waals surface area contributed by atoms with E-state index >= 15 is 0 Å². The second-order valence-electron chi connectivity index (χ2n) is 13.0. The highest BCUT2D eigenvalue weighted by atomic mass is 16.8. The highest BCUT2D eigenvalue weighted by molar-refractivity contribution is 6.09. The summed E-state index contributed by atoms with van der Waals surface area (Å²) >= 11 is 0. The first kappa shape index (κ1) is 27.9. The van der Waals surface area contributed by atoms with Crippen molar-refractivity contribution >= 4 is 38.9 Å². The molecule has 0 fully saturated rings. The lowest BCUT2D eigenvalue weighted by Crippen LogP contribution is -2.29. The van der Waals surface area contributed by atoms with Gasteiger partial charge in [-0.25, -0.2) is 10.0 Å². The van der Waals surface area contributed by atoms with Crippen molar-refractivity contribution in [2.24, 2.45) is 0 Å². The summed E-state index contributed by atoms with van der Waals surface area (Å²) in [6.45, 7) is 2.12. The highest BCUT2D eigenvalue weighted by Gasteiger charge is 2.46. The number of fused-ring (bicyclic) bond motifs is 7. The number of aryl methyl sites for hydroxylation is 1. The third kappa shape index (κ3) is 3.88. The Morgan fingerprint density at radius 1 is 0.571 bits per heavy atom. The van der Waals surface area contributed by atoms with E-state index in [0.29, 0.717) is 0 Å². The zero-order valence-corrected chi connectivity index (χ0v) is 27.2. The van der Waals surface area contributed by atoms with E-state index in [1.165, 1.54) is 49.7 Å². The number of benzene rings is 6. The number of hydrogen-bond donors (Lipinski definition) is 0. The second-order valence-corrected chi connectivity index (χ2v) is 13.0. The lowest BCUT2D eigenvalue weighted by Gasteiger charge is -2.34. The van der Waals surface area contributed by atoms with E-state index in [1.807, 2.05) is 29.4 Å². The smallest absolute Gasteiger partial charge is 0.137 e. The molecule has 3 heterocycles. The first-order valence-electron chi connectivity index (χ1n) is 16.7. The molecule has 0 N–H and O–H groups in total. The van der Waals surface area contributed by atoms with Crippen molar-refractivity contribution in [3.8, 4) is 16.9 Å². The lowest BCUT2D eigenvalue weighted by atomic mass is 9.67. The van der Waals surface area contributed by atoms with Gasteiger partial charge in [-0.05, 0) is 94.4 Å². The molecule has 2 aliphatic rings. The van der Waals surface area contributed by atoms with Crippen LogP contribution in [0.25, 0.3) is 38.8 Å². The molecule has 0 atom stereocenters. The van der Waals surface area contributed by atoms with E-state index in [2.05, 4.69) is 157 Å². The van der Waals surface area contributed by atoms with Gasteiger partial charge in [-0.1, -0.05) is 103 Å². The molecule has 0 bridgehead atoms. The molecular weight excluding hydrogens is 601 g/mol. The summed E-state index contributed by atoms with van der Waals surface area (Å²) in [4.78, 5) is 11.2. The monoisotopic (exact) mass is 632 g/mol. The van der Waals surface area contributed by atoms with E-state index in [1.54, 1.807) is 0 Å². The van der Waals surface area contributed by atoms with Crippen LogP contribution in [0.3, 0.4) is 0 Å². The van der Waals surface area contributed by atoms with E-state index in [-0.39, 0.29) is 0 Å². The third-order valence-electron chi connectivity index (χ3n) is 10.3. The minimum Gasteiger partial charge on any atom is -0.294 e. The number of rotatable bonds is 4. The van der Waals surface area contributed by atoms with Crippen LogP contribution >= 0.6 is 0 Å². The predicted octanol–water partition coefficient (Wildman–Crippen LogP) is 10.3. The fraction of sp³-hybridized carbons (Fsp3) is 0.0682. The molecule has 10 rings (SSSR count). The van der Waals surface area contributed by atoms with Crippen molar-refractivity contribution in [2.75, 3.05) is 17.2 Å². The summed E-state index contributed by atoms with van der Waals surface area (Å²) in [5.74, 6) is 0.917. The number of aromatic nitrogens is 2. The van der Waals surface area contributed by atoms with Crippen LogP contribution in [0.4, 0.5) is 17.1 Å². The van der Waals surface area contributed by atoms with Crippen LogP contribution in [-0.2, 0) is 10.4 Å². The number of nitrogens with zero attached hydrogens (tertiary/aromatic N) is 4. The first-order valence-corrected chi connectivity index (χ1v) is 16.7. The number of hydroxylamine groups is 1. The van der Waals surface area contributed by atoms with Crippen LogP contribution in [0.2, 0.25) is 0 Å². The van der Waals surface area contributed by atoms with Crippen molar-refractivity contribution in [3.05, 3.63) is 186 Å². The lowest BCUT2D eigenvalue weighted by molar-refractivity contribution is 0.142. The van der Waals surface area contributed by atoms with E-state index in [9.17, 15) is 0 Å². The Kier molecular flexibility index (Phi) is 5.93. The molecule has 2 aromatic heterocycles. The normalized spacial score (nSPS) is 14.3. The fourth-order valence-electron chi connectivity index (χ4n) is 8.28. The van der Waals surface area contributed by atoms with Gasteiger partial charge in [-0.15, -0.1) is 4.94 Å². The summed E-state index contributed by atoms with van der Waals surface area (Å²) in [6, 6.07) is 54.9. The molecule has 0 saturated heterocycles. The Bertz CT molecular complexity index is 2560. The Labute approximate surface area is 284 Å². The first-order chi connectivity index (χ1) is 24.1. The van der Waals surface area contributed by atoms with Gasteiger partial charge in [0.15, 0.2) is 0 Å². The molecule has 5 heteroatoms. The summed E-state index contributed by atoms with van der Waals surface area (Å²) in [7, 11) is 1.95. The number of hydrogen-bond acceptors (Lipinski definition) is 4. The number of para-hydroxylation sites is 3.